The van der Waals surface area contributed by atoms with Gasteiger partial charge in [0.1, 0.15) is 17.8 Å². The number of amides is 1. The summed E-state index contributed by atoms with van der Waals surface area (Å²) in [4.78, 5) is 19.4. The second-order valence-corrected chi connectivity index (χ2v) is 7.54. The second kappa shape index (κ2) is 7.35. The van der Waals surface area contributed by atoms with Crippen molar-refractivity contribution in [3.05, 3.63) is 59.7 Å². The van der Waals surface area contributed by atoms with Crippen LogP contribution in [0.5, 0.6) is 5.75 Å². The van der Waals surface area contributed by atoms with E-state index in [-0.39, 0.29) is 17.5 Å². The Labute approximate surface area is 176 Å². The molecule has 31 heavy (non-hydrogen) atoms. The lowest BCUT2D eigenvalue weighted by Gasteiger charge is -2.25. The van der Waals surface area contributed by atoms with Gasteiger partial charge in [0.15, 0.2) is 17.2 Å². The van der Waals surface area contributed by atoms with Gasteiger partial charge >= 0.3 is 0 Å². The molecule has 0 saturated carbocycles. The summed E-state index contributed by atoms with van der Waals surface area (Å²) in [6.45, 7) is 0. The molecular weight excluding hydrogens is 399 g/mol. The van der Waals surface area contributed by atoms with Gasteiger partial charge in [-0.15, -0.1) is 0 Å². The molecule has 0 saturated heterocycles. The topological polar surface area (TPSA) is 119 Å². The Balaban J connectivity index is 1.67. The van der Waals surface area contributed by atoms with Crippen LogP contribution in [0.2, 0.25) is 0 Å². The van der Waals surface area contributed by atoms with Crippen LogP contribution < -0.4 is 11.1 Å². The number of aryl methyl sites for hydroxylation is 1. The van der Waals surface area contributed by atoms with E-state index >= 15 is 0 Å². The molecule has 1 unspecified atom stereocenters. The summed E-state index contributed by atoms with van der Waals surface area (Å²) < 4.78 is 16.0. The third kappa shape index (κ3) is 3.14. The van der Waals surface area contributed by atoms with E-state index in [2.05, 4.69) is 27.4 Å². The molecule has 1 aliphatic rings. The number of hydrogen-bond acceptors (Lipinski definition) is 6. The fourth-order valence-corrected chi connectivity index (χ4v) is 4.25. The van der Waals surface area contributed by atoms with E-state index in [1.165, 1.54) is 29.6 Å². The summed E-state index contributed by atoms with van der Waals surface area (Å²) in [6.07, 6.45) is 4.32. The Morgan fingerprint density at radius 1 is 1.23 bits per heavy atom. The Hall–Kier alpha value is -4.01. The Bertz CT molecular complexity index is 1320. The summed E-state index contributed by atoms with van der Waals surface area (Å²) in [7, 11) is 0. The number of nitrogens with zero attached hydrogens (tertiary/aromatic N) is 4. The number of nitrogen functional groups attached to an aromatic ring is 1. The number of halogens is 1. The monoisotopic (exact) mass is 418 g/mol. The smallest absolute Gasteiger partial charge is 0.211 e. The van der Waals surface area contributed by atoms with Gasteiger partial charge in [0.05, 0.1) is 17.1 Å². The van der Waals surface area contributed by atoms with E-state index < -0.39 is 11.6 Å². The molecule has 1 atom stereocenters. The van der Waals surface area contributed by atoms with Crippen molar-refractivity contribution in [2.45, 2.75) is 25.3 Å². The maximum absolute atomic E-state index is 14.2. The van der Waals surface area contributed by atoms with E-state index in [0.29, 0.717) is 28.7 Å². The molecule has 156 valence electrons. The molecule has 1 amide bonds. The van der Waals surface area contributed by atoms with Crippen molar-refractivity contribution in [3.63, 3.8) is 0 Å². The number of benzene rings is 2. The van der Waals surface area contributed by atoms with E-state index in [1.807, 2.05) is 16.8 Å². The van der Waals surface area contributed by atoms with Gasteiger partial charge < -0.3 is 16.2 Å². The van der Waals surface area contributed by atoms with Crippen LogP contribution in [0.25, 0.3) is 22.3 Å². The van der Waals surface area contributed by atoms with E-state index in [4.69, 9.17) is 10.8 Å². The lowest BCUT2D eigenvalue weighted by molar-refractivity contribution is -0.105. The minimum absolute atomic E-state index is 0.0575. The lowest BCUT2D eigenvalue weighted by atomic mass is 9.88. The molecule has 0 aliphatic heterocycles. The number of phenols is 1. The predicted molar refractivity (Wildman–Crippen MR) is 114 cm³/mol. The van der Waals surface area contributed by atoms with Crippen molar-refractivity contribution in [3.8, 4) is 17.0 Å². The highest BCUT2D eigenvalue weighted by molar-refractivity contribution is 5.99. The maximum Gasteiger partial charge on any atom is 0.211 e. The van der Waals surface area contributed by atoms with Crippen molar-refractivity contribution >= 4 is 28.9 Å². The number of carbonyl (C=O) groups is 1. The average Bonchev–Trinajstić information content (AvgIpc) is 3.17. The van der Waals surface area contributed by atoms with Crippen molar-refractivity contribution in [1.82, 2.24) is 19.7 Å². The van der Waals surface area contributed by atoms with Gasteiger partial charge in [-0.05, 0) is 42.5 Å². The van der Waals surface area contributed by atoms with Crippen LogP contribution in [0.3, 0.4) is 0 Å². The first kappa shape index (κ1) is 19.0. The molecule has 2 heterocycles. The zero-order valence-corrected chi connectivity index (χ0v) is 16.4. The van der Waals surface area contributed by atoms with Crippen molar-refractivity contribution in [1.29, 1.82) is 0 Å². The zero-order chi connectivity index (χ0) is 21.5. The SMILES string of the molecule is Nc1ncnc2c1c(-c1cc(O)c(F)c(NC=O)c1)nn2C1CCc2ccccc2C1. The van der Waals surface area contributed by atoms with E-state index in [1.54, 1.807) is 0 Å². The Morgan fingerprint density at radius 2 is 2.03 bits per heavy atom. The number of carbonyl (C=O) groups excluding carboxylic acids is 1. The maximum atomic E-state index is 14.2. The quantitative estimate of drug-likeness (QED) is 0.438. The summed E-state index contributed by atoms with van der Waals surface area (Å²) in [5.74, 6) is -1.30. The normalized spacial score (nSPS) is 15.6. The van der Waals surface area contributed by atoms with Crippen LogP contribution >= 0.6 is 0 Å². The van der Waals surface area contributed by atoms with Crippen LogP contribution in [0.1, 0.15) is 23.6 Å². The van der Waals surface area contributed by atoms with Gasteiger partial charge in [0.25, 0.3) is 0 Å². The van der Waals surface area contributed by atoms with E-state index in [9.17, 15) is 14.3 Å². The first-order chi connectivity index (χ1) is 15.1. The molecule has 2 aromatic carbocycles. The molecule has 0 spiro atoms. The average molecular weight is 418 g/mol. The van der Waals surface area contributed by atoms with Gasteiger partial charge in [0.2, 0.25) is 6.41 Å². The van der Waals surface area contributed by atoms with Crippen molar-refractivity contribution in [2.24, 2.45) is 0 Å². The molecule has 5 rings (SSSR count). The number of hydrogen-bond donors (Lipinski definition) is 3. The molecule has 0 fully saturated rings. The van der Waals surface area contributed by atoms with Gasteiger partial charge in [-0.3, -0.25) is 4.79 Å². The Kier molecular flexibility index (Phi) is 4.50. The van der Waals surface area contributed by atoms with Gasteiger partial charge in [-0.2, -0.15) is 5.10 Å². The molecule has 4 N–H and O–H groups in total. The number of phenolic OH excluding ortho intramolecular Hbond substituents is 1. The van der Waals surface area contributed by atoms with Crippen LogP contribution in [-0.2, 0) is 17.6 Å². The number of anilines is 2. The highest BCUT2D eigenvalue weighted by Crippen LogP contribution is 2.38. The summed E-state index contributed by atoms with van der Waals surface area (Å²) in [5, 5.41) is 17.6. The molecular formula is C22H19FN6O2. The summed E-state index contributed by atoms with van der Waals surface area (Å²) in [5.41, 5.74) is 9.98. The van der Waals surface area contributed by atoms with Crippen molar-refractivity contribution < 1.29 is 14.3 Å². The number of fused-ring (bicyclic) bond motifs is 2. The fourth-order valence-electron chi connectivity index (χ4n) is 4.25. The number of nitrogens with one attached hydrogen (secondary N) is 1. The number of nitrogens with two attached hydrogens (primary N) is 1. The fraction of sp³-hybridized carbons (Fsp3) is 0.182. The molecule has 9 heteroatoms. The molecule has 0 radical (unpaired) electrons. The molecule has 1 aliphatic carbocycles. The van der Waals surface area contributed by atoms with Crippen LogP contribution in [0.15, 0.2) is 42.7 Å². The summed E-state index contributed by atoms with van der Waals surface area (Å²) >= 11 is 0. The number of aromatic nitrogens is 4. The number of rotatable bonds is 4. The zero-order valence-electron chi connectivity index (χ0n) is 16.4. The third-order valence-electron chi connectivity index (χ3n) is 5.73. The number of aromatic hydroxyl groups is 1. The van der Waals surface area contributed by atoms with Gasteiger partial charge in [-0.25, -0.2) is 19.0 Å². The van der Waals surface area contributed by atoms with Crippen LogP contribution in [0.4, 0.5) is 15.9 Å². The molecule has 0 bridgehead atoms. The molecule has 2 aromatic heterocycles. The first-order valence-electron chi connectivity index (χ1n) is 9.85. The first-order valence-corrected chi connectivity index (χ1v) is 9.85. The highest BCUT2D eigenvalue weighted by Gasteiger charge is 2.26. The van der Waals surface area contributed by atoms with Crippen LogP contribution in [-0.4, -0.2) is 31.3 Å². The second-order valence-electron chi connectivity index (χ2n) is 7.54. The van der Waals surface area contributed by atoms with Gasteiger partial charge in [-0.1, -0.05) is 24.3 Å². The highest BCUT2D eigenvalue weighted by atomic mass is 19.1. The van der Waals surface area contributed by atoms with Crippen molar-refractivity contribution in [2.75, 3.05) is 11.1 Å². The van der Waals surface area contributed by atoms with E-state index in [0.717, 1.165) is 19.3 Å². The predicted octanol–water partition coefficient (Wildman–Crippen LogP) is 3.22. The van der Waals surface area contributed by atoms with Gasteiger partial charge in [0, 0.05) is 5.56 Å². The summed E-state index contributed by atoms with van der Waals surface area (Å²) in [6, 6.07) is 11.0. The largest absolute Gasteiger partial charge is 0.505 e. The molecule has 8 nitrogen and oxygen atoms in total. The minimum atomic E-state index is -0.923. The molecule has 4 aromatic rings. The Morgan fingerprint density at radius 3 is 2.84 bits per heavy atom. The van der Waals surface area contributed by atoms with Crippen LogP contribution in [0, 0.1) is 5.82 Å². The lowest BCUT2D eigenvalue weighted by Crippen LogP contribution is -2.20. The standard InChI is InChI=1S/C22H19FN6O2/c23-19-16(27-11-30)8-14(9-17(19)31)20-18-21(24)25-10-26-22(18)29(28-20)15-6-5-12-3-1-2-4-13(12)7-15/h1-4,8-11,15,31H,5-7H2,(H,27,30)(H2,24,25,26). The third-order valence-corrected chi connectivity index (χ3v) is 5.73. The minimum Gasteiger partial charge on any atom is -0.505 e.